The molecule has 0 aliphatic carbocycles. The highest BCUT2D eigenvalue weighted by Gasteiger charge is 2.35. The van der Waals surface area contributed by atoms with Crippen LogP contribution in [0.3, 0.4) is 0 Å². The standard InChI is InChI=1S/C17H15N3O4/c1-2-24-17(23)11-3-5-12(6-4-11)19-10-20-15(21)13-7-8-18-9-14(13)16(20)22/h3-9,19H,2,10H2,1H3. The Morgan fingerprint density at radius 2 is 1.83 bits per heavy atom. The molecule has 1 aromatic carbocycles. The molecule has 0 saturated heterocycles. The third-order valence-corrected chi connectivity index (χ3v) is 3.61. The summed E-state index contributed by atoms with van der Waals surface area (Å²) in [6.07, 6.45) is 2.87. The van der Waals surface area contributed by atoms with Crippen LogP contribution in [0.5, 0.6) is 0 Å². The minimum atomic E-state index is -0.392. The number of pyridine rings is 1. The molecule has 122 valence electrons. The van der Waals surface area contributed by atoms with Gasteiger partial charge in [-0.15, -0.1) is 0 Å². The van der Waals surface area contributed by atoms with Crippen LogP contribution in [-0.4, -0.2) is 40.9 Å². The molecule has 1 aromatic heterocycles. The smallest absolute Gasteiger partial charge is 0.338 e. The van der Waals surface area contributed by atoms with E-state index in [0.29, 0.717) is 29.0 Å². The van der Waals surface area contributed by atoms with Crippen molar-refractivity contribution >= 4 is 23.5 Å². The summed E-state index contributed by atoms with van der Waals surface area (Å²) in [5.41, 5.74) is 1.78. The van der Waals surface area contributed by atoms with E-state index in [2.05, 4.69) is 10.3 Å². The van der Waals surface area contributed by atoms with E-state index in [1.165, 1.54) is 18.5 Å². The van der Waals surface area contributed by atoms with Gasteiger partial charge in [-0.05, 0) is 37.3 Å². The van der Waals surface area contributed by atoms with Gasteiger partial charge in [0.15, 0.2) is 0 Å². The first-order valence-corrected chi connectivity index (χ1v) is 7.43. The van der Waals surface area contributed by atoms with Crippen LogP contribution in [0.15, 0.2) is 42.7 Å². The summed E-state index contributed by atoms with van der Waals surface area (Å²) in [5, 5.41) is 2.99. The number of hydrogen-bond donors (Lipinski definition) is 1. The highest BCUT2D eigenvalue weighted by Crippen LogP contribution is 2.21. The highest BCUT2D eigenvalue weighted by molar-refractivity contribution is 6.21. The zero-order valence-corrected chi connectivity index (χ0v) is 13.0. The maximum Gasteiger partial charge on any atom is 0.338 e. The SMILES string of the molecule is CCOC(=O)c1ccc(NCN2C(=O)c3ccncc3C2=O)cc1. The molecule has 0 spiro atoms. The van der Waals surface area contributed by atoms with Crippen molar-refractivity contribution in [2.75, 3.05) is 18.6 Å². The van der Waals surface area contributed by atoms with Gasteiger partial charge in [0, 0.05) is 18.1 Å². The summed E-state index contributed by atoms with van der Waals surface area (Å²) in [6.45, 7) is 2.09. The van der Waals surface area contributed by atoms with Crippen LogP contribution in [0, 0.1) is 0 Å². The average molecular weight is 325 g/mol. The molecule has 0 atom stereocenters. The molecule has 2 heterocycles. The van der Waals surface area contributed by atoms with Crippen molar-refractivity contribution in [2.45, 2.75) is 6.92 Å². The number of ether oxygens (including phenoxy) is 1. The van der Waals surface area contributed by atoms with Crippen molar-refractivity contribution in [1.29, 1.82) is 0 Å². The van der Waals surface area contributed by atoms with Gasteiger partial charge in [-0.1, -0.05) is 0 Å². The fourth-order valence-corrected chi connectivity index (χ4v) is 2.39. The number of rotatable bonds is 5. The van der Waals surface area contributed by atoms with Crippen LogP contribution in [0.4, 0.5) is 5.69 Å². The fourth-order valence-electron chi connectivity index (χ4n) is 2.39. The van der Waals surface area contributed by atoms with Crippen molar-refractivity contribution in [3.63, 3.8) is 0 Å². The molecule has 1 N–H and O–H groups in total. The topological polar surface area (TPSA) is 88.6 Å². The molecule has 0 radical (unpaired) electrons. The van der Waals surface area contributed by atoms with E-state index in [4.69, 9.17) is 4.74 Å². The van der Waals surface area contributed by atoms with Crippen molar-refractivity contribution in [1.82, 2.24) is 9.88 Å². The lowest BCUT2D eigenvalue weighted by Crippen LogP contribution is -2.34. The van der Waals surface area contributed by atoms with E-state index in [1.807, 2.05) is 0 Å². The Bertz CT molecular complexity index is 767. The lowest BCUT2D eigenvalue weighted by molar-refractivity contribution is 0.0525. The van der Waals surface area contributed by atoms with Crippen molar-refractivity contribution in [3.8, 4) is 0 Å². The van der Waals surface area contributed by atoms with Gasteiger partial charge in [0.2, 0.25) is 0 Å². The predicted molar refractivity (Wildman–Crippen MR) is 85.6 cm³/mol. The lowest BCUT2D eigenvalue weighted by atomic mass is 10.2. The number of fused-ring (bicyclic) bond motifs is 1. The zero-order chi connectivity index (χ0) is 17.1. The Balaban J connectivity index is 1.66. The van der Waals surface area contributed by atoms with Crippen LogP contribution >= 0.6 is 0 Å². The maximum atomic E-state index is 12.2. The van der Waals surface area contributed by atoms with E-state index < -0.39 is 5.97 Å². The van der Waals surface area contributed by atoms with Gasteiger partial charge < -0.3 is 10.1 Å². The van der Waals surface area contributed by atoms with Crippen LogP contribution in [0.25, 0.3) is 0 Å². The van der Waals surface area contributed by atoms with Crippen LogP contribution < -0.4 is 5.32 Å². The largest absolute Gasteiger partial charge is 0.462 e. The number of nitrogens with zero attached hydrogens (tertiary/aromatic N) is 2. The zero-order valence-electron chi connectivity index (χ0n) is 13.0. The van der Waals surface area contributed by atoms with Gasteiger partial charge >= 0.3 is 5.97 Å². The molecule has 1 aliphatic heterocycles. The number of carbonyl (C=O) groups excluding carboxylic acids is 3. The third-order valence-electron chi connectivity index (χ3n) is 3.61. The fraction of sp³-hybridized carbons (Fsp3) is 0.176. The monoisotopic (exact) mass is 325 g/mol. The molecular weight excluding hydrogens is 310 g/mol. The number of benzene rings is 1. The van der Waals surface area contributed by atoms with Crippen LogP contribution in [0.2, 0.25) is 0 Å². The van der Waals surface area contributed by atoms with Gasteiger partial charge in [-0.3, -0.25) is 19.5 Å². The van der Waals surface area contributed by atoms with Gasteiger partial charge in [-0.25, -0.2) is 4.79 Å². The second-order valence-electron chi connectivity index (χ2n) is 5.09. The maximum absolute atomic E-state index is 12.2. The Kier molecular flexibility index (Phi) is 4.24. The van der Waals surface area contributed by atoms with Gasteiger partial charge in [0.25, 0.3) is 11.8 Å². The highest BCUT2D eigenvalue weighted by atomic mass is 16.5. The number of anilines is 1. The van der Waals surface area contributed by atoms with Crippen LogP contribution in [-0.2, 0) is 4.74 Å². The first kappa shape index (κ1) is 15.7. The Labute approximate surface area is 138 Å². The molecule has 2 aromatic rings. The molecule has 1 aliphatic rings. The van der Waals surface area contributed by atoms with Crippen molar-refractivity contribution in [3.05, 3.63) is 59.4 Å². The van der Waals surface area contributed by atoms with E-state index in [9.17, 15) is 14.4 Å². The molecule has 0 saturated carbocycles. The molecule has 0 unspecified atom stereocenters. The predicted octanol–water partition coefficient (Wildman–Crippen LogP) is 1.92. The normalized spacial score (nSPS) is 13.0. The number of imide groups is 1. The van der Waals surface area contributed by atoms with E-state index in [-0.39, 0.29) is 18.5 Å². The number of esters is 1. The van der Waals surface area contributed by atoms with Crippen molar-refractivity contribution in [2.24, 2.45) is 0 Å². The second kappa shape index (κ2) is 6.49. The summed E-state index contributed by atoms with van der Waals surface area (Å²) in [4.78, 5) is 41.0. The summed E-state index contributed by atoms with van der Waals surface area (Å²) >= 11 is 0. The molecule has 24 heavy (non-hydrogen) atoms. The summed E-state index contributed by atoms with van der Waals surface area (Å²) in [5.74, 6) is -1.12. The minimum absolute atomic E-state index is 0.0328. The van der Waals surface area contributed by atoms with Gasteiger partial charge in [0.1, 0.15) is 0 Å². The molecule has 3 rings (SSSR count). The molecule has 7 heteroatoms. The quantitative estimate of drug-likeness (QED) is 0.667. The summed E-state index contributed by atoms with van der Waals surface area (Å²) in [6, 6.07) is 8.14. The second-order valence-corrected chi connectivity index (χ2v) is 5.09. The number of nitrogens with one attached hydrogen (secondary N) is 1. The average Bonchev–Trinajstić information content (AvgIpc) is 2.85. The summed E-state index contributed by atoms with van der Waals surface area (Å²) in [7, 11) is 0. The minimum Gasteiger partial charge on any atom is -0.462 e. The summed E-state index contributed by atoms with van der Waals surface area (Å²) < 4.78 is 4.91. The van der Waals surface area contributed by atoms with Gasteiger partial charge in [-0.2, -0.15) is 0 Å². The Morgan fingerprint density at radius 3 is 2.50 bits per heavy atom. The van der Waals surface area contributed by atoms with E-state index in [1.54, 1.807) is 31.2 Å². The Hall–Kier alpha value is -3.22. The molecule has 0 fully saturated rings. The first-order valence-electron chi connectivity index (χ1n) is 7.43. The van der Waals surface area contributed by atoms with Crippen molar-refractivity contribution < 1.29 is 19.1 Å². The van der Waals surface area contributed by atoms with E-state index in [0.717, 1.165) is 4.90 Å². The third kappa shape index (κ3) is 2.83. The molecular formula is C17H15N3O4. The first-order chi connectivity index (χ1) is 11.6. The Morgan fingerprint density at radius 1 is 1.12 bits per heavy atom. The number of amides is 2. The van der Waals surface area contributed by atoms with Gasteiger partial charge in [0.05, 0.1) is 30.0 Å². The molecule has 0 bridgehead atoms. The lowest BCUT2D eigenvalue weighted by Gasteiger charge is -2.15. The number of hydrogen-bond acceptors (Lipinski definition) is 6. The molecule has 2 amide bonds. The molecule has 7 nitrogen and oxygen atoms in total. The number of carbonyl (C=O) groups is 3. The van der Waals surface area contributed by atoms with Crippen LogP contribution in [0.1, 0.15) is 38.0 Å². The number of aromatic nitrogens is 1. The van der Waals surface area contributed by atoms with E-state index >= 15 is 0 Å².